The lowest BCUT2D eigenvalue weighted by molar-refractivity contribution is -0.384. The summed E-state index contributed by atoms with van der Waals surface area (Å²) in [5.41, 5.74) is 5.63. The van der Waals surface area contributed by atoms with Crippen molar-refractivity contribution in [2.75, 3.05) is 69.1 Å². The van der Waals surface area contributed by atoms with E-state index in [9.17, 15) is 23.3 Å². The first-order chi connectivity index (χ1) is 28.6. The molecule has 2 aliphatic heterocycles. The van der Waals surface area contributed by atoms with E-state index in [0.29, 0.717) is 12.3 Å². The number of nitro benzene ring substituents is 1. The van der Waals surface area contributed by atoms with Crippen LogP contribution in [-0.4, -0.2) is 92.9 Å². The molecule has 0 unspecified atom stereocenters. The number of likely N-dealkylation sites (tertiary alicyclic amines) is 1. The number of fused-ring (bicyclic) bond motifs is 1. The first-order valence-electron chi connectivity index (χ1n) is 20.3. The van der Waals surface area contributed by atoms with E-state index in [-0.39, 0.29) is 17.0 Å². The van der Waals surface area contributed by atoms with E-state index < -0.39 is 31.4 Å². The van der Waals surface area contributed by atoms with Gasteiger partial charge in [0, 0.05) is 79.2 Å². The highest BCUT2D eigenvalue weighted by Gasteiger charge is 2.28. The zero-order valence-electron chi connectivity index (χ0n) is 32.8. The number of hydrogen-bond acceptors (Lipinski definition) is 10. The summed E-state index contributed by atoms with van der Waals surface area (Å²) in [5.74, 6) is -0.261. The van der Waals surface area contributed by atoms with Crippen molar-refractivity contribution < 1.29 is 22.9 Å². The Hall–Kier alpha value is -5.41. The molecular weight excluding hydrogens is 790 g/mol. The number of benzene rings is 4. The Balaban J connectivity index is 0.986. The summed E-state index contributed by atoms with van der Waals surface area (Å²) < 4.78 is 35.9. The number of sulfonamides is 1. The van der Waals surface area contributed by atoms with Crippen LogP contribution in [0.25, 0.3) is 16.5 Å². The molecule has 13 nitrogen and oxygen atoms in total. The topological polar surface area (TPSA) is 153 Å². The Morgan fingerprint density at radius 2 is 1.66 bits per heavy atom. The van der Waals surface area contributed by atoms with Crippen molar-refractivity contribution in [3.05, 3.63) is 123 Å². The van der Waals surface area contributed by atoms with Gasteiger partial charge in [-0.25, -0.2) is 13.1 Å². The molecule has 1 aliphatic carbocycles. The highest BCUT2D eigenvalue weighted by molar-refractivity contribution is 7.90. The highest BCUT2D eigenvalue weighted by Crippen LogP contribution is 2.37. The number of aromatic amines is 1. The van der Waals surface area contributed by atoms with Crippen LogP contribution in [0.3, 0.4) is 0 Å². The molecule has 59 heavy (non-hydrogen) atoms. The maximum absolute atomic E-state index is 13.9. The smallest absolute Gasteiger partial charge is 0.293 e. The Morgan fingerprint density at radius 3 is 2.44 bits per heavy atom. The molecule has 3 aliphatic rings. The third-order valence-corrected chi connectivity index (χ3v) is 13.1. The number of nitrogens with one attached hydrogen (secondary N) is 3. The van der Waals surface area contributed by atoms with Gasteiger partial charge in [-0.1, -0.05) is 35.4 Å². The third kappa shape index (κ3) is 9.41. The number of carbonyl (C=O) groups is 1. The second-order valence-corrected chi connectivity index (χ2v) is 17.5. The van der Waals surface area contributed by atoms with E-state index in [1.54, 1.807) is 30.5 Å². The van der Waals surface area contributed by atoms with Crippen molar-refractivity contribution in [3.63, 3.8) is 0 Å². The third-order valence-electron chi connectivity index (χ3n) is 11.5. The molecule has 3 heterocycles. The number of aromatic nitrogens is 1. The zero-order chi connectivity index (χ0) is 40.9. The summed E-state index contributed by atoms with van der Waals surface area (Å²) in [5, 5.41) is 16.7. The van der Waals surface area contributed by atoms with Gasteiger partial charge in [0.15, 0.2) is 0 Å². The van der Waals surface area contributed by atoms with E-state index in [1.165, 1.54) is 41.7 Å². The molecule has 2 fully saturated rings. The number of halogens is 1. The monoisotopic (exact) mass is 837 g/mol. The second-order valence-electron chi connectivity index (χ2n) is 15.4. The molecule has 0 bridgehead atoms. The SMILES string of the molecule is O=C(NS(=O)(=O)c1ccc(NCCCN2CCCC2)c([N+](=O)[O-])c1)c1ccc(N2CCN(CC3=C(c4ccc(Cl)cc4)CCC3)CC2)cc1Oc1cccc2[nH]ccc12. The predicted molar refractivity (Wildman–Crippen MR) is 232 cm³/mol. The average Bonchev–Trinajstić information content (AvgIpc) is 4.04. The molecule has 0 radical (unpaired) electrons. The number of nitrogens with zero attached hydrogens (tertiary/aromatic N) is 4. The lowest BCUT2D eigenvalue weighted by Gasteiger charge is -2.36. The number of piperazine rings is 1. The molecule has 5 aromatic rings. The van der Waals surface area contributed by atoms with Gasteiger partial charge in [0.2, 0.25) is 0 Å². The van der Waals surface area contributed by atoms with E-state index in [2.05, 4.69) is 41.9 Å². The molecular formula is C44H48ClN7O6S. The Morgan fingerprint density at radius 1 is 0.864 bits per heavy atom. The summed E-state index contributed by atoms with van der Waals surface area (Å²) in [4.78, 5) is 35.2. The normalized spacial score (nSPS) is 16.5. The highest BCUT2D eigenvalue weighted by atomic mass is 35.5. The van der Waals surface area contributed by atoms with Crippen molar-refractivity contribution in [3.8, 4) is 11.5 Å². The number of H-pyrrole nitrogens is 1. The Bertz CT molecular complexity index is 2470. The lowest BCUT2D eigenvalue weighted by Crippen LogP contribution is -2.47. The molecule has 0 atom stereocenters. The fraction of sp³-hybridized carbons (Fsp3) is 0.341. The van der Waals surface area contributed by atoms with Gasteiger partial charge in [-0.2, -0.15) is 0 Å². The molecule has 0 saturated carbocycles. The van der Waals surface area contributed by atoms with Gasteiger partial charge >= 0.3 is 0 Å². The van der Waals surface area contributed by atoms with Gasteiger partial charge in [-0.15, -0.1) is 0 Å². The second kappa shape index (κ2) is 17.8. The quantitative estimate of drug-likeness (QED) is 0.0533. The molecule has 3 N–H and O–H groups in total. The average molecular weight is 838 g/mol. The van der Waals surface area contributed by atoms with Gasteiger partial charge < -0.3 is 24.8 Å². The number of amides is 1. The van der Waals surface area contributed by atoms with Gasteiger partial charge in [-0.3, -0.25) is 19.8 Å². The van der Waals surface area contributed by atoms with Crippen LogP contribution in [0.5, 0.6) is 11.5 Å². The first kappa shape index (κ1) is 40.4. The number of allylic oxidation sites excluding steroid dienone is 1. The maximum Gasteiger partial charge on any atom is 0.293 e. The number of hydrogen-bond donors (Lipinski definition) is 3. The van der Waals surface area contributed by atoms with Crippen LogP contribution < -0.4 is 19.7 Å². The van der Waals surface area contributed by atoms with E-state index in [0.717, 1.165) is 106 Å². The maximum atomic E-state index is 13.9. The number of rotatable bonds is 15. The van der Waals surface area contributed by atoms with Crippen molar-refractivity contribution >= 4 is 61.1 Å². The van der Waals surface area contributed by atoms with Crippen LogP contribution in [0.2, 0.25) is 5.02 Å². The van der Waals surface area contributed by atoms with E-state index in [4.69, 9.17) is 16.3 Å². The summed E-state index contributed by atoms with van der Waals surface area (Å²) in [6.45, 7) is 7.59. The summed E-state index contributed by atoms with van der Waals surface area (Å²) in [6.07, 6.45) is 8.25. The van der Waals surface area contributed by atoms with Crippen LogP contribution in [0.15, 0.2) is 102 Å². The molecule has 0 spiro atoms. The van der Waals surface area contributed by atoms with Crippen molar-refractivity contribution in [2.45, 2.75) is 43.4 Å². The van der Waals surface area contributed by atoms with Crippen LogP contribution >= 0.6 is 11.6 Å². The van der Waals surface area contributed by atoms with Crippen LogP contribution in [0, 0.1) is 10.1 Å². The minimum absolute atomic E-state index is 0.00260. The molecule has 1 amide bonds. The number of anilines is 2. The standard InChI is InChI=1S/C44H48ClN7O6S/c45-33-12-10-31(11-13-33)36-7-3-6-32(36)30-50-24-26-51(27-25-50)34-14-16-38(43(28-34)58-42-9-4-8-39-37(42)18-20-47-39)44(53)48-59(56,57)35-15-17-40(41(29-35)52(54)55)46-19-5-23-49-21-1-2-22-49/h4,8-18,20,28-29,46-47H,1-3,5-7,19,21-27,30H2,(H,48,53). The lowest BCUT2D eigenvalue weighted by atomic mass is 10.0. The first-order valence-corrected chi connectivity index (χ1v) is 22.1. The molecule has 8 rings (SSSR count). The summed E-state index contributed by atoms with van der Waals surface area (Å²) >= 11 is 6.16. The fourth-order valence-electron chi connectivity index (χ4n) is 8.41. The molecule has 15 heteroatoms. The number of carbonyl (C=O) groups excluding carboxylic acids is 1. The fourth-order valence-corrected chi connectivity index (χ4v) is 9.52. The minimum Gasteiger partial charge on any atom is -0.456 e. The summed E-state index contributed by atoms with van der Waals surface area (Å²) in [6, 6.07) is 24.3. The van der Waals surface area contributed by atoms with Gasteiger partial charge in [-0.05, 0) is 124 Å². The molecule has 308 valence electrons. The van der Waals surface area contributed by atoms with Crippen LogP contribution in [0.1, 0.15) is 54.4 Å². The van der Waals surface area contributed by atoms with E-state index in [1.807, 2.05) is 30.3 Å². The van der Waals surface area contributed by atoms with Gasteiger partial charge in [0.1, 0.15) is 17.2 Å². The van der Waals surface area contributed by atoms with Crippen LogP contribution in [-0.2, 0) is 10.0 Å². The largest absolute Gasteiger partial charge is 0.456 e. The van der Waals surface area contributed by atoms with E-state index >= 15 is 0 Å². The van der Waals surface area contributed by atoms with Crippen LogP contribution in [0.4, 0.5) is 17.1 Å². The Kier molecular flexibility index (Phi) is 12.2. The summed E-state index contributed by atoms with van der Waals surface area (Å²) in [7, 11) is -4.53. The molecule has 2 saturated heterocycles. The Labute approximate surface area is 349 Å². The predicted octanol–water partition coefficient (Wildman–Crippen LogP) is 8.30. The van der Waals surface area contributed by atoms with Gasteiger partial charge in [0.25, 0.3) is 21.6 Å². The van der Waals surface area contributed by atoms with Crippen molar-refractivity contribution in [1.82, 2.24) is 19.5 Å². The minimum atomic E-state index is -4.53. The number of nitro groups is 1. The molecule has 1 aromatic heterocycles. The van der Waals surface area contributed by atoms with Crippen molar-refractivity contribution in [1.29, 1.82) is 0 Å². The molecule has 4 aromatic carbocycles. The van der Waals surface area contributed by atoms with Crippen molar-refractivity contribution in [2.24, 2.45) is 0 Å². The number of ether oxygens (including phenoxy) is 1. The zero-order valence-corrected chi connectivity index (χ0v) is 34.4. The van der Waals surface area contributed by atoms with Gasteiger partial charge in [0.05, 0.1) is 15.4 Å².